The Morgan fingerprint density at radius 3 is 0.889 bits per heavy atom. The number of pyridine rings is 1. The number of nitrogens with zero attached hydrogens (tertiary/aromatic N) is 5. The van der Waals surface area contributed by atoms with Crippen molar-refractivity contribution in [2.75, 3.05) is 6.24 Å². The summed E-state index contributed by atoms with van der Waals surface area (Å²) in [5.41, 5.74) is 11.4. The monoisotopic (exact) mass is 1020 g/mol. The number of para-hydroxylation sites is 2. The molecule has 0 bridgehead atoms. The summed E-state index contributed by atoms with van der Waals surface area (Å²) in [6, 6.07) is 21.2. The van der Waals surface area contributed by atoms with E-state index < -0.39 is 76.3 Å². The normalized spacial score (nSPS) is 13.4. The Hall–Kier alpha value is -0.425. The van der Waals surface area contributed by atoms with E-state index in [1.54, 1.807) is 0 Å². The molecule has 0 N–H and O–H groups in total. The average molecular weight is 1010 g/mol. The van der Waals surface area contributed by atoms with Gasteiger partial charge in [-0.05, 0) is 0 Å². The van der Waals surface area contributed by atoms with E-state index in [2.05, 4.69) is 200 Å². The second-order valence-corrected chi connectivity index (χ2v) is 52.5. The summed E-state index contributed by atoms with van der Waals surface area (Å²) in [5.74, 6) is 1.85. The maximum atomic E-state index is 5.64. The van der Waals surface area contributed by atoms with E-state index in [0.717, 1.165) is 13.1 Å². The maximum absolute atomic E-state index is 5.64. The van der Waals surface area contributed by atoms with Gasteiger partial charge in [-0.2, -0.15) is 0 Å². The first-order chi connectivity index (χ1) is 24.6. The zero-order valence-corrected chi connectivity index (χ0v) is 47.9. The molecule has 1 heterocycles. The summed E-state index contributed by atoms with van der Waals surface area (Å²) in [6.07, 6.45) is 0. The minimum atomic E-state index is -1.56. The van der Waals surface area contributed by atoms with Crippen molar-refractivity contribution in [2.24, 2.45) is 0 Å². The molecule has 2 aromatic carbocycles. The van der Waals surface area contributed by atoms with Gasteiger partial charge in [0.15, 0.2) is 0 Å². The molecule has 0 unspecified atom stereocenters. The zero-order chi connectivity index (χ0) is 41.1. The van der Waals surface area contributed by atoms with Crippen molar-refractivity contribution in [3.05, 3.63) is 88.2 Å². The van der Waals surface area contributed by atoms with Crippen molar-refractivity contribution < 1.29 is 0 Å². The van der Waals surface area contributed by atoms with Gasteiger partial charge in [-0.15, -0.1) is 0 Å². The third-order valence-electron chi connectivity index (χ3n) is 9.85. The van der Waals surface area contributed by atoms with Gasteiger partial charge in [0.25, 0.3) is 0 Å². The van der Waals surface area contributed by atoms with Crippen LogP contribution in [0.3, 0.4) is 0 Å². The molecule has 4 radical (unpaired) electrons. The number of hydrogen-bond donors (Lipinski definition) is 0. The van der Waals surface area contributed by atoms with E-state index in [4.69, 9.17) is 4.98 Å². The molecule has 0 amide bonds. The second-order valence-electron chi connectivity index (χ2n) is 20.5. The van der Waals surface area contributed by atoms with Crippen LogP contribution in [-0.2, 0) is 13.1 Å². The van der Waals surface area contributed by atoms with Crippen LogP contribution >= 0.6 is 0 Å². The summed E-state index contributed by atoms with van der Waals surface area (Å²) in [4.78, 5) is 5.64. The zero-order valence-electron chi connectivity index (χ0n) is 38.2. The van der Waals surface area contributed by atoms with Crippen LogP contribution in [0.5, 0.6) is 0 Å². The SMILES string of the molecule is CC(C)c1cccc(C(C)C)c1[N](Cc1cccc(C[N]([Sn][N]([Si](C)(C)C)[Si](C)(C)C)c2c(C(C)C)cccc2C(C)C)n1)[Sn][N]([Si](C)(C)C)[Si](C)(C)C. The quantitative estimate of drug-likeness (QED) is 0.118. The molecule has 0 aliphatic rings. The molecule has 54 heavy (non-hydrogen) atoms. The molecule has 3 rings (SSSR count). The Kier molecular flexibility index (Phi) is 17.0. The third-order valence-corrected chi connectivity index (χ3v) is 53.6. The van der Waals surface area contributed by atoms with Gasteiger partial charge in [0.2, 0.25) is 0 Å². The van der Waals surface area contributed by atoms with Crippen molar-refractivity contribution in [3.8, 4) is 0 Å². The molecule has 0 fully saturated rings. The van der Waals surface area contributed by atoms with Crippen molar-refractivity contribution in [1.82, 2.24) is 9.89 Å². The Morgan fingerprint density at radius 2 is 0.667 bits per heavy atom. The molecule has 0 saturated heterocycles. The van der Waals surface area contributed by atoms with Crippen molar-refractivity contribution >= 4 is 87.7 Å². The number of aromatic nitrogens is 1. The standard InChI is InChI=1S/C31H41N3.2C6H18NSi2.2Sn/c1-20(2)26-14-10-15-27(21(3)4)30(26)32-18-24-12-9-13-25(34-24)19-33-31-28(22(5)6)16-11-17-29(31)23(7)8;2*1-8(2,3)7-9(4,5)6;;/h9-17,20-23H,18-19H2,1-8H3;2*1-6H3;;/q-2;2*-1;2*+2. The summed E-state index contributed by atoms with van der Waals surface area (Å²) in [7, 11) is -6.25. The van der Waals surface area contributed by atoms with E-state index in [-0.39, 0.29) is 0 Å². The molecule has 0 aliphatic carbocycles. The molecular formula is C43H77N5Si4Sn2. The van der Waals surface area contributed by atoms with Gasteiger partial charge in [-0.1, -0.05) is 0 Å². The van der Waals surface area contributed by atoms with Crippen LogP contribution in [0.4, 0.5) is 11.4 Å². The molecule has 5 nitrogen and oxygen atoms in total. The number of hydrogen-bond acceptors (Lipinski definition) is 5. The summed E-state index contributed by atoms with van der Waals surface area (Å²) in [5, 5.41) is 0. The predicted molar refractivity (Wildman–Crippen MR) is 254 cm³/mol. The summed E-state index contributed by atoms with van der Waals surface area (Å²) >= 11 is -2.43. The van der Waals surface area contributed by atoms with E-state index in [1.165, 1.54) is 45.0 Å². The first kappa shape index (κ1) is 47.9. The fraction of sp³-hybridized carbons (Fsp3) is 0.605. The number of rotatable bonds is 18. The number of anilines is 2. The average Bonchev–Trinajstić information content (AvgIpc) is 3.01. The van der Waals surface area contributed by atoms with E-state index in [0.29, 0.717) is 23.7 Å². The molecule has 0 spiro atoms. The topological polar surface area (TPSA) is 25.9 Å². The molecule has 11 heteroatoms. The van der Waals surface area contributed by atoms with Gasteiger partial charge in [0.1, 0.15) is 0 Å². The van der Waals surface area contributed by atoms with Gasteiger partial charge >= 0.3 is 363 Å². The van der Waals surface area contributed by atoms with Crippen LogP contribution < -0.4 is 6.24 Å². The fourth-order valence-electron chi connectivity index (χ4n) is 7.86. The van der Waals surface area contributed by atoms with E-state index in [9.17, 15) is 0 Å². The Labute approximate surface area is 359 Å². The molecular weight excluding hydrogens is 936 g/mol. The van der Waals surface area contributed by atoms with Gasteiger partial charge in [0, 0.05) is 0 Å². The van der Waals surface area contributed by atoms with Gasteiger partial charge in [0.05, 0.1) is 0 Å². The van der Waals surface area contributed by atoms with Crippen LogP contribution in [0.2, 0.25) is 78.6 Å². The predicted octanol–water partition coefficient (Wildman–Crippen LogP) is 12.6. The Balaban J connectivity index is 2.26. The second kappa shape index (κ2) is 19.1. The summed E-state index contributed by atoms with van der Waals surface area (Å²) in [6.45, 7) is 51.7. The van der Waals surface area contributed by atoms with Crippen LogP contribution in [0, 0.1) is 0 Å². The van der Waals surface area contributed by atoms with Crippen LogP contribution in [0.25, 0.3) is 0 Å². The van der Waals surface area contributed by atoms with Crippen molar-refractivity contribution in [3.63, 3.8) is 0 Å². The molecule has 0 aliphatic heterocycles. The van der Waals surface area contributed by atoms with Crippen molar-refractivity contribution in [2.45, 2.75) is 171 Å². The molecule has 0 atom stereocenters. The minimum absolute atomic E-state index is 0.462. The van der Waals surface area contributed by atoms with Gasteiger partial charge in [-0.3, -0.25) is 0 Å². The Morgan fingerprint density at radius 1 is 0.426 bits per heavy atom. The van der Waals surface area contributed by atoms with E-state index >= 15 is 0 Å². The van der Waals surface area contributed by atoms with Gasteiger partial charge in [-0.25, -0.2) is 0 Å². The third kappa shape index (κ3) is 12.8. The van der Waals surface area contributed by atoms with Crippen LogP contribution in [-0.4, -0.2) is 86.2 Å². The first-order valence-electron chi connectivity index (χ1n) is 20.5. The van der Waals surface area contributed by atoms with Gasteiger partial charge < -0.3 is 0 Å². The molecule has 298 valence electrons. The molecule has 1 aromatic heterocycles. The molecule has 3 aromatic rings. The van der Waals surface area contributed by atoms with Crippen LogP contribution in [0.15, 0.2) is 54.6 Å². The number of benzene rings is 2. The van der Waals surface area contributed by atoms with Crippen molar-refractivity contribution in [1.29, 1.82) is 0 Å². The fourth-order valence-corrected chi connectivity index (χ4v) is 43.4. The van der Waals surface area contributed by atoms with E-state index in [1.807, 2.05) is 0 Å². The summed E-state index contributed by atoms with van der Waals surface area (Å²) < 4.78 is 12.0. The Bertz CT molecular complexity index is 1470. The first-order valence-corrected chi connectivity index (χ1v) is 39.4. The van der Waals surface area contributed by atoms with Crippen LogP contribution in [0.1, 0.15) is 113 Å². The molecule has 0 saturated carbocycles.